The summed E-state index contributed by atoms with van der Waals surface area (Å²) in [5, 5.41) is 9.08. The maximum atomic E-state index is 12.3. The monoisotopic (exact) mass is 266 g/mol. The third kappa shape index (κ3) is 1.92. The summed E-state index contributed by atoms with van der Waals surface area (Å²) in [7, 11) is 0. The number of carbonyl (C=O) groups excluding carboxylic acids is 2. The molecule has 2 aliphatic rings. The predicted octanol–water partition coefficient (Wildman–Crippen LogP) is 2.01. The van der Waals surface area contributed by atoms with Crippen molar-refractivity contribution in [3.8, 4) is 6.07 Å². The molecule has 0 saturated carbocycles. The second kappa shape index (κ2) is 4.93. The number of allylic oxidation sites excluding steroid dienone is 2. The Bertz CT molecular complexity index is 616. The van der Waals surface area contributed by atoms with Crippen LogP contribution >= 0.6 is 0 Å². The van der Waals surface area contributed by atoms with Crippen LogP contribution in [-0.2, 0) is 16.1 Å². The lowest BCUT2D eigenvalue weighted by atomic mass is 9.85. The van der Waals surface area contributed by atoms with Crippen molar-refractivity contribution < 1.29 is 9.59 Å². The first-order valence-corrected chi connectivity index (χ1v) is 6.70. The minimum absolute atomic E-state index is 0.0999. The molecule has 0 aromatic heterocycles. The molecule has 20 heavy (non-hydrogen) atoms. The molecule has 1 aromatic carbocycles. The van der Waals surface area contributed by atoms with Gasteiger partial charge >= 0.3 is 0 Å². The molecule has 0 bridgehead atoms. The minimum Gasteiger partial charge on any atom is -0.278 e. The van der Waals surface area contributed by atoms with Crippen LogP contribution in [0.25, 0.3) is 0 Å². The Morgan fingerprint density at radius 3 is 2.30 bits per heavy atom. The fourth-order valence-electron chi connectivity index (χ4n) is 2.96. The van der Waals surface area contributed by atoms with Crippen LogP contribution in [0.2, 0.25) is 0 Å². The van der Waals surface area contributed by atoms with Gasteiger partial charge in [0.05, 0.1) is 30.0 Å². The summed E-state index contributed by atoms with van der Waals surface area (Å²) in [5.74, 6) is -0.613. The standard InChI is InChI=1S/C16H14N2O2/c17-9-11-5-1-2-6-12(11)10-18-15(19)13-7-3-4-8-14(13)16(18)20/h1-6,13-14H,7-8,10H2/t13-,14-/m0/s1. The number of fused-ring (bicyclic) bond motifs is 1. The van der Waals surface area contributed by atoms with E-state index in [9.17, 15) is 9.59 Å². The van der Waals surface area contributed by atoms with Crippen molar-refractivity contribution in [3.63, 3.8) is 0 Å². The summed E-state index contributed by atoms with van der Waals surface area (Å²) in [4.78, 5) is 26.0. The van der Waals surface area contributed by atoms with Crippen LogP contribution in [0.4, 0.5) is 0 Å². The zero-order valence-electron chi connectivity index (χ0n) is 11.0. The van der Waals surface area contributed by atoms with Gasteiger partial charge in [0.2, 0.25) is 11.8 Å². The third-order valence-electron chi connectivity index (χ3n) is 4.07. The average molecular weight is 266 g/mol. The number of nitrogens with zero attached hydrogens (tertiary/aromatic N) is 2. The number of likely N-dealkylation sites (tertiary alicyclic amines) is 1. The Morgan fingerprint density at radius 2 is 1.70 bits per heavy atom. The highest BCUT2D eigenvalue weighted by atomic mass is 16.2. The fourth-order valence-corrected chi connectivity index (χ4v) is 2.96. The first kappa shape index (κ1) is 12.6. The number of hydrogen-bond donors (Lipinski definition) is 0. The molecular formula is C16H14N2O2. The van der Waals surface area contributed by atoms with Gasteiger partial charge in [-0.2, -0.15) is 5.26 Å². The number of benzene rings is 1. The molecular weight excluding hydrogens is 252 g/mol. The molecule has 1 aromatic rings. The van der Waals surface area contributed by atoms with Gasteiger partial charge in [0.25, 0.3) is 0 Å². The number of amides is 2. The fraction of sp³-hybridized carbons (Fsp3) is 0.312. The van der Waals surface area contributed by atoms with E-state index in [2.05, 4.69) is 6.07 Å². The van der Waals surface area contributed by atoms with E-state index < -0.39 is 0 Å². The van der Waals surface area contributed by atoms with E-state index in [0.29, 0.717) is 18.4 Å². The highest BCUT2D eigenvalue weighted by molar-refractivity contribution is 6.05. The van der Waals surface area contributed by atoms with E-state index in [4.69, 9.17) is 5.26 Å². The van der Waals surface area contributed by atoms with Gasteiger partial charge < -0.3 is 0 Å². The first-order valence-electron chi connectivity index (χ1n) is 6.70. The molecule has 0 radical (unpaired) electrons. The van der Waals surface area contributed by atoms with Gasteiger partial charge in [-0.25, -0.2) is 0 Å². The van der Waals surface area contributed by atoms with Crippen LogP contribution in [-0.4, -0.2) is 16.7 Å². The summed E-state index contributed by atoms with van der Waals surface area (Å²) in [6, 6.07) is 9.19. The summed E-state index contributed by atoms with van der Waals surface area (Å²) < 4.78 is 0. The molecule has 4 heteroatoms. The van der Waals surface area contributed by atoms with Crippen molar-refractivity contribution in [2.75, 3.05) is 0 Å². The van der Waals surface area contributed by atoms with Gasteiger partial charge in [0.1, 0.15) is 0 Å². The molecule has 1 aliphatic carbocycles. The molecule has 1 fully saturated rings. The van der Waals surface area contributed by atoms with Gasteiger partial charge in [-0.15, -0.1) is 0 Å². The Morgan fingerprint density at radius 1 is 1.10 bits per heavy atom. The highest BCUT2D eigenvalue weighted by Gasteiger charge is 2.47. The van der Waals surface area contributed by atoms with Gasteiger partial charge in [-0.1, -0.05) is 30.4 Å². The van der Waals surface area contributed by atoms with Crippen molar-refractivity contribution in [1.82, 2.24) is 4.90 Å². The van der Waals surface area contributed by atoms with Crippen LogP contribution in [0.1, 0.15) is 24.0 Å². The number of imide groups is 1. The van der Waals surface area contributed by atoms with Crippen molar-refractivity contribution in [3.05, 3.63) is 47.5 Å². The Balaban J connectivity index is 1.87. The summed E-state index contributed by atoms with van der Waals surface area (Å²) in [6.45, 7) is 0.203. The largest absolute Gasteiger partial charge is 0.278 e. The molecule has 4 nitrogen and oxygen atoms in total. The number of hydrogen-bond acceptors (Lipinski definition) is 3. The van der Waals surface area contributed by atoms with E-state index >= 15 is 0 Å². The van der Waals surface area contributed by atoms with E-state index in [1.54, 1.807) is 18.2 Å². The predicted molar refractivity (Wildman–Crippen MR) is 72.1 cm³/mol. The summed E-state index contributed by atoms with van der Waals surface area (Å²) in [6.07, 6.45) is 5.23. The Kier molecular flexibility index (Phi) is 3.11. The van der Waals surface area contributed by atoms with Gasteiger partial charge in [-0.05, 0) is 24.5 Å². The van der Waals surface area contributed by atoms with Gasteiger partial charge in [0.15, 0.2) is 0 Å². The van der Waals surface area contributed by atoms with Crippen molar-refractivity contribution in [2.24, 2.45) is 11.8 Å². The van der Waals surface area contributed by atoms with Crippen molar-refractivity contribution in [2.45, 2.75) is 19.4 Å². The quantitative estimate of drug-likeness (QED) is 0.607. The maximum Gasteiger partial charge on any atom is 0.233 e. The number of carbonyl (C=O) groups is 2. The smallest absolute Gasteiger partial charge is 0.233 e. The molecule has 2 amide bonds. The third-order valence-corrected chi connectivity index (χ3v) is 4.07. The van der Waals surface area contributed by atoms with Gasteiger partial charge in [0, 0.05) is 0 Å². The number of nitriles is 1. The molecule has 0 N–H and O–H groups in total. The molecule has 0 spiro atoms. The first-order chi connectivity index (χ1) is 9.72. The van der Waals surface area contributed by atoms with Crippen LogP contribution in [0.15, 0.2) is 36.4 Å². The van der Waals surface area contributed by atoms with E-state index in [1.807, 2.05) is 18.2 Å². The lowest BCUT2D eigenvalue weighted by Gasteiger charge is -2.15. The van der Waals surface area contributed by atoms with Crippen LogP contribution in [0.3, 0.4) is 0 Å². The van der Waals surface area contributed by atoms with Crippen LogP contribution in [0, 0.1) is 23.2 Å². The second-order valence-corrected chi connectivity index (χ2v) is 5.19. The number of rotatable bonds is 2. The van der Waals surface area contributed by atoms with Crippen LogP contribution < -0.4 is 0 Å². The SMILES string of the molecule is N#Cc1ccccc1CN1C(=O)[C@H]2CC=CC[C@@H]2C1=O. The molecule has 2 atom stereocenters. The molecule has 1 saturated heterocycles. The zero-order valence-corrected chi connectivity index (χ0v) is 11.0. The lowest BCUT2D eigenvalue weighted by molar-refractivity contribution is -0.140. The lowest BCUT2D eigenvalue weighted by Crippen LogP contribution is -2.30. The maximum absolute atomic E-state index is 12.3. The van der Waals surface area contributed by atoms with Crippen molar-refractivity contribution >= 4 is 11.8 Å². The van der Waals surface area contributed by atoms with E-state index in [1.165, 1.54) is 4.90 Å². The van der Waals surface area contributed by atoms with Crippen LogP contribution in [0.5, 0.6) is 0 Å². The minimum atomic E-state index is -0.207. The molecule has 0 unspecified atom stereocenters. The molecule has 1 aliphatic heterocycles. The van der Waals surface area contributed by atoms with Gasteiger partial charge in [-0.3, -0.25) is 14.5 Å². The van der Waals surface area contributed by atoms with Crippen molar-refractivity contribution in [1.29, 1.82) is 5.26 Å². The molecule has 1 heterocycles. The topological polar surface area (TPSA) is 61.2 Å². The highest BCUT2D eigenvalue weighted by Crippen LogP contribution is 2.35. The molecule has 3 rings (SSSR count). The summed E-state index contributed by atoms with van der Waals surface area (Å²) in [5.41, 5.74) is 1.24. The average Bonchev–Trinajstić information content (AvgIpc) is 2.73. The van der Waals surface area contributed by atoms with E-state index in [0.717, 1.165) is 5.56 Å². The second-order valence-electron chi connectivity index (χ2n) is 5.19. The normalized spacial score (nSPS) is 24.6. The Labute approximate surface area is 117 Å². The van der Waals surface area contributed by atoms with E-state index in [-0.39, 0.29) is 30.2 Å². The zero-order chi connectivity index (χ0) is 14.1. The Hall–Kier alpha value is -2.41. The molecule has 100 valence electrons. The summed E-state index contributed by atoms with van der Waals surface area (Å²) >= 11 is 0.